The number of hydrogen-bond donors (Lipinski definition) is 2. The minimum Gasteiger partial charge on any atom is -0.347 e. The second-order valence-corrected chi connectivity index (χ2v) is 6.39. The molecule has 10 nitrogen and oxygen atoms in total. The van der Waals surface area contributed by atoms with Gasteiger partial charge in [-0.2, -0.15) is 5.10 Å². The zero-order chi connectivity index (χ0) is 19.6. The van der Waals surface area contributed by atoms with Gasteiger partial charge in [0.15, 0.2) is 11.5 Å². The standard InChI is InChI=1S/C16H17ClN8O2/c1-9-18-15(22-20-9)11-5-4-10(6-12(11)17)19-16(27)13-7-25(23-21-13)8-14(26)24(2)3/h4-7H,8H2,1-3H3,(H,19,27)(H,18,20,22). The van der Waals surface area contributed by atoms with E-state index in [2.05, 4.69) is 30.8 Å². The Morgan fingerprint density at radius 1 is 1.33 bits per heavy atom. The van der Waals surface area contributed by atoms with E-state index in [4.69, 9.17) is 11.6 Å². The number of benzene rings is 1. The van der Waals surface area contributed by atoms with Crippen molar-refractivity contribution >= 4 is 29.1 Å². The molecule has 0 fully saturated rings. The van der Waals surface area contributed by atoms with E-state index >= 15 is 0 Å². The maximum Gasteiger partial charge on any atom is 0.277 e. The number of nitrogens with zero attached hydrogens (tertiary/aromatic N) is 6. The summed E-state index contributed by atoms with van der Waals surface area (Å²) in [6.45, 7) is 1.79. The highest BCUT2D eigenvalue weighted by Crippen LogP contribution is 2.28. The smallest absolute Gasteiger partial charge is 0.277 e. The van der Waals surface area contributed by atoms with Crippen molar-refractivity contribution in [3.8, 4) is 11.4 Å². The van der Waals surface area contributed by atoms with Gasteiger partial charge in [0, 0.05) is 25.3 Å². The first-order valence-electron chi connectivity index (χ1n) is 7.94. The molecule has 0 radical (unpaired) electrons. The van der Waals surface area contributed by atoms with Crippen molar-refractivity contribution in [2.45, 2.75) is 13.5 Å². The van der Waals surface area contributed by atoms with E-state index in [1.54, 1.807) is 39.2 Å². The number of likely N-dealkylation sites (N-methyl/N-ethyl adjacent to an activating group) is 1. The van der Waals surface area contributed by atoms with Gasteiger partial charge in [-0.3, -0.25) is 14.7 Å². The highest BCUT2D eigenvalue weighted by Gasteiger charge is 2.15. The number of hydrogen-bond acceptors (Lipinski definition) is 6. The Morgan fingerprint density at radius 3 is 2.74 bits per heavy atom. The molecule has 0 spiro atoms. The molecule has 140 valence electrons. The molecule has 0 aliphatic heterocycles. The van der Waals surface area contributed by atoms with Crippen molar-refractivity contribution in [1.29, 1.82) is 0 Å². The van der Waals surface area contributed by atoms with Crippen molar-refractivity contribution < 1.29 is 9.59 Å². The van der Waals surface area contributed by atoms with E-state index in [0.717, 1.165) is 0 Å². The lowest BCUT2D eigenvalue weighted by atomic mass is 10.2. The van der Waals surface area contributed by atoms with Gasteiger partial charge in [0.1, 0.15) is 12.4 Å². The highest BCUT2D eigenvalue weighted by molar-refractivity contribution is 6.33. The van der Waals surface area contributed by atoms with Crippen molar-refractivity contribution in [3.63, 3.8) is 0 Å². The maximum absolute atomic E-state index is 12.3. The molecule has 2 amide bonds. The molecule has 3 aromatic rings. The Morgan fingerprint density at radius 2 is 2.11 bits per heavy atom. The molecular weight excluding hydrogens is 372 g/mol. The first-order valence-corrected chi connectivity index (χ1v) is 8.32. The van der Waals surface area contributed by atoms with Crippen LogP contribution < -0.4 is 5.32 Å². The third-order valence-electron chi connectivity index (χ3n) is 3.63. The van der Waals surface area contributed by atoms with Crippen LogP contribution in [0, 0.1) is 6.92 Å². The van der Waals surface area contributed by atoms with Crippen LogP contribution in [0.3, 0.4) is 0 Å². The van der Waals surface area contributed by atoms with E-state index in [1.165, 1.54) is 15.8 Å². The van der Waals surface area contributed by atoms with Crippen LogP contribution in [0.5, 0.6) is 0 Å². The first kappa shape index (κ1) is 18.5. The normalized spacial score (nSPS) is 10.7. The molecule has 0 saturated heterocycles. The van der Waals surface area contributed by atoms with Crippen LogP contribution in [-0.2, 0) is 11.3 Å². The molecule has 1 aromatic carbocycles. The molecule has 0 bridgehead atoms. The summed E-state index contributed by atoms with van der Waals surface area (Å²) >= 11 is 6.27. The lowest BCUT2D eigenvalue weighted by Crippen LogP contribution is -2.26. The number of aromatic amines is 1. The minimum absolute atomic E-state index is 0.00386. The number of H-pyrrole nitrogens is 1. The van der Waals surface area contributed by atoms with Gasteiger partial charge in [0.25, 0.3) is 5.91 Å². The summed E-state index contributed by atoms with van der Waals surface area (Å²) in [7, 11) is 3.28. The molecule has 0 aliphatic rings. The number of amides is 2. The fourth-order valence-electron chi connectivity index (χ4n) is 2.19. The van der Waals surface area contributed by atoms with Gasteiger partial charge < -0.3 is 10.2 Å². The quantitative estimate of drug-likeness (QED) is 0.680. The number of nitrogens with one attached hydrogen (secondary N) is 2. The predicted molar refractivity (Wildman–Crippen MR) is 98.2 cm³/mol. The average molecular weight is 389 g/mol. The molecule has 3 rings (SSSR count). The van der Waals surface area contributed by atoms with Crippen LogP contribution in [0.25, 0.3) is 11.4 Å². The second kappa shape index (κ2) is 7.54. The summed E-state index contributed by atoms with van der Waals surface area (Å²) in [5.41, 5.74) is 1.22. The lowest BCUT2D eigenvalue weighted by Gasteiger charge is -2.08. The van der Waals surface area contributed by atoms with Gasteiger partial charge in [-0.15, -0.1) is 5.10 Å². The van der Waals surface area contributed by atoms with Crippen LogP contribution in [0.1, 0.15) is 16.3 Å². The Labute approximate surface area is 159 Å². The van der Waals surface area contributed by atoms with Crippen LogP contribution in [0.4, 0.5) is 5.69 Å². The first-order chi connectivity index (χ1) is 12.8. The molecule has 2 N–H and O–H groups in total. The summed E-state index contributed by atoms with van der Waals surface area (Å²) < 4.78 is 1.30. The van der Waals surface area contributed by atoms with Crippen LogP contribution in [-0.4, -0.2) is 61.0 Å². The maximum atomic E-state index is 12.3. The Balaban J connectivity index is 1.70. The van der Waals surface area contributed by atoms with E-state index < -0.39 is 5.91 Å². The van der Waals surface area contributed by atoms with Crippen molar-refractivity contribution in [2.75, 3.05) is 19.4 Å². The number of anilines is 1. The fourth-order valence-corrected chi connectivity index (χ4v) is 2.46. The van der Waals surface area contributed by atoms with E-state index in [0.29, 0.717) is 27.9 Å². The predicted octanol–water partition coefficient (Wildman–Crippen LogP) is 1.37. The number of halogens is 1. The lowest BCUT2D eigenvalue weighted by molar-refractivity contribution is -0.129. The molecule has 0 atom stereocenters. The average Bonchev–Trinajstić information content (AvgIpc) is 3.24. The Hall–Kier alpha value is -3.27. The molecule has 27 heavy (non-hydrogen) atoms. The number of carbonyl (C=O) groups excluding carboxylic acids is 2. The number of rotatable bonds is 5. The second-order valence-electron chi connectivity index (χ2n) is 5.98. The zero-order valence-corrected chi connectivity index (χ0v) is 15.7. The molecule has 0 saturated carbocycles. The highest BCUT2D eigenvalue weighted by atomic mass is 35.5. The molecule has 0 aliphatic carbocycles. The van der Waals surface area contributed by atoms with Crippen molar-refractivity contribution in [1.82, 2.24) is 35.1 Å². The van der Waals surface area contributed by atoms with Crippen LogP contribution in [0.15, 0.2) is 24.4 Å². The van der Waals surface area contributed by atoms with Gasteiger partial charge in [0.2, 0.25) is 5.91 Å². The van der Waals surface area contributed by atoms with Crippen LogP contribution >= 0.6 is 11.6 Å². The summed E-state index contributed by atoms with van der Waals surface area (Å²) in [4.78, 5) is 29.7. The molecule has 2 heterocycles. The number of carbonyl (C=O) groups is 2. The van der Waals surface area contributed by atoms with E-state index in [9.17, 15) is 9.59 Å². The number of aromatic nitrogens is 6. The summed E-state index contributed by atoms with van der Waals surface area (Å²) in [5.74, 6) is 0.533. The minimum atomic E-state index is -0.462. The van der Waals surface area contributed by atoms with E-state index in [-0.39, 0.29) is 18.1 Å². The summed E-state index contributed by atoms with van der Waals surface area (Å²) in [5, 5.41) is 17.5. The van der Waals surface area contributed by atoms with E-state index in [1.807, 2.05) is 0 Å². The molecule has 11 heteroatoms. The van der Waals surface area contributed by atoms with Gasteiger partial charge in [-0.1, -0.05) is 16.8 Å². The molecular formula is C16H17ClN8O2. The van der Waals surface area contributed by atoms with Gasteiger partial charge in [-0.25, -0.2) is 9.67 Å². The van der Waals surface area contributed by atoms with Gasteiger partial charge in [0.05, 0.1) is 11.2 Å². The fraction of sp³-hybridized carbons (Fsp3) is 0.250. The SMILES string of the molecule is Cc1nc(-c2ccc(NC(=O)c3cn(CC(=O)N(C)C)nn3)cc2Cl)n[nH]1. The Kier molecular flexibility index (Phi) is 5.17. The molecule has 2 aromatic heterocycles. The monoisotopic (exact) mass is 388 g/mol. The summed E-state index contributed by atoms with van der Waals surface area (Å²) in [6.07, 6.45) is 1.41. The van der Waals surface area contributed by atoms with Crippen molar-refractivity contribution in [2.24, 2.45) is 0 Å². The zero-order valence-electron chi connectivity index (χ0n) is 14.9. The summed E-state index contributed by atoms with van der Waals surface area (Å²) in [6, 6.07) is 5.00. The van der Waals surface area contributed by atoms with Gasteiger partial charge >= 0.3 is 0 Å². The topological polar surface area (TPSA) is 122 Å². The van der Waals surface area contributed by atoms with Gasteiger partial charge in [-0.05, 0) is 25.1 Å². The third kappa shape index (κ3) is 4.29. The third-order valence-corrected chi connectivity index (χ3v) is 3.95. The Bertz CT molecular complexity index is 994. The largest absolute Gasteiger partial charge is 0.347 e. The van der Waals surface area contributed by atoms with Crippen LogP contribution in [0.2, 0.25) is 5.02 Å². The molecule has 0 unspecified atom stereocenters. The number of aryl methyl sites for hydroxylation is 1. The van der Waals surface area contributed by atoms with Crippen molar-refractivity contribution in [3.05, 3.63) is 40.9 Å².